The summed E-state index contributed by atoms with van der Waals surface area (Å²) in [6.07, 6.45) is 0.915. The van der Waals surface area contributed by atoms with Gasteiger partial charge in [0.05, 0.1) is 13.2 Å². The zero-order chi connectivity index (χ0) is 25.1. The Morgan fingerprint density at radius 2 is 1.26 bits per heavy atom. The minimum absolute atomic E-state index is 0.323. The number of likely N-dealkylation sites (N-methyl/N-ethyl adjacent to an activating group) is 1. The lowest BCUT2D eigenvalue weighted by atomic mass is 9.88. The van der Waals surface area contributed by atoms with E-state index in [0.717, 1.165) is 17.7 Å². The number of benzene rings is 3. The van der Waals surface area contributed by atoms with Gasteiger partial charge in [-0.05, 0) is 67.3 Å². The molecule has 186 valence electrons. The highest BCUT2D eigenvalue weighted by molar-refractivity contribution is 7.51. The molecular weight excluding hydrogens is 457 g/mol. The highest BCUT2D eigenvalue weighted by Crippen LogP contribution is 2.50. The molecule has 0 aliphatic rings. The first-order valence-electron chi connectivity index (χ1n) is 12.2. The number of hydrogen-bond acceptors (Lipinski definition) is 4. The average Bonchev–Trinajstić information content (AvgIpc) is 2.89. The Bertz CT molecular complexity index is 1100. The molecule has 3 aromatic carbocycles. The summed E-state index contributed by atoms with van der Waals surface area (Å²) in [5, 5.41) is 0. The fourth-order valence-electron chi connectivity index (χ4n) is 3.98. The third-order valence-electron chi connectivity index (χ3n) is 5.67. The first kappa shape index (κ1) is 26.9. The van der Waals surface area contributed by atoms with E-state index < -0.39 is 7.75 Å². The predicted molar refractivity (Wildman–Crippen MR) is 145 cm³/mol. The van der Waals surface area contributed by atoms with Gasteiger partial charge in [-0.2, -0.15) is 0 Å². The second kappa shape index (κ2) is 13.4. The number of allylic oxidation sites excluding steroid dienone is 1. The summed E-state index contributed by atoms with van der Waals surface area (Å²) in [6.45, 7) is 7.24. The standard InChI is InChI=1S/C29H36NO4P/c1-5-28(24-14-10-8-11-15-24)29(25-16-12-9-13-17-25)26-18-20-27(21-19-26)32-23-22-30(4)35(31,33-6-2)34-7-3/h8-21H,5-7,22-23H2,1-4H3. The molecule has 6 heteroatoms. The van der Waals surface area contributed by atoms with Crippen LogP contribution in [-0.4, -0.2) is 38.1 Å². The molecule has 0 N–H and O–H groups in total. The van der Waals surface area contributed by atoms with Crippen LogP contribution in [0.15, 0.2) is 84.9 Å². The van der Waals surface area contributed by atoms with Gasteiger partial charge in [0, 0.05) is 6.54 Å². The smallest absolute Gasteiger partial charge is 0.407 e. The van der Waals surface area contributed by atoms with Crippen LogP contribution in [0.5, 0.6) is 5.75 Å². The van der Waals surface area contributed by atoms with E-state index in [-0.39, 0.29) is 0 Å². The van der Waals surface area contributed by atoms with Gasteiger partial charge < -0.3 is 4.74 Å². The third kappa shape index (κ3) is 7.16. The maximum atomic E-state index is 12.8. The monoisotopic (exact) mass is 493 g/mol. The minimum Gasteiger partial charge on any atom is -0.492 e. The number of rotatable bonds is 13. The molecule has 0 radical (unpaired) electrons. The molecule has 5 nitrogen and oxygen atoms in total. The van der Waals surface area contributed by atoms with Gasteiger partial charge in [-0.25, -0.2) is 9.24 Å². The van der Waals surface area contributed by atoms with E-state index in [0.29, 0.717) is 26.4 Å². The highest BCUT2D eigenvalue weighted by Gasteiger charge is 2.29. The van der Waals surface area contributed by atoms with Gasteiger partial charge in [-0.3, -0.25) is 9.05 Å². The molecule has 0 unspecified atom stereocenters. The molecule has 0 atom stereocenters. The van der Waals surface area contributed by atoms with E-state index in [1.54, 1.807) is 25.6 Å². The van der Waals surface area contributed by atoms with E-state index in [1.807, 2.05) is 24.3 Å². The molecule has 0 fully saturated rings. The van der Waals surface area contributed by atoms with Crippen LogP contribution in [0, 0.1) is 0 Å². The van der Waals surface area contributed by atoms with E-state index in [9.17, 15) is 4.57 Å². The maximum Gasteiger partial charge on any atom is 0.407 e. The summed E-state index contributed by atoms with van der Waals surface area (Å²) in [5.74, 6) is 0.759. The summed E-state index contributed by atoms with van der Waals surface area (Å²) < 4.78 is 31.2. The van der Waals surface area contributed by atoms with E-state index in [4.69, 9.17) is 13.8 Å². The Morgan fingerprint density at radius 1 is 0.743 bits per heavy atom. The van der Waals surface area contributed by atoms with Crippen molar-refractivity contribution < 1.29 is 18.3 Å². The Balaban J connectivity index is 1.80. The topological polar surface area (TPSA) is 48.0 Å². The lowest BCUT2D eigenvalue weighted by Crippen LogP contribution is -2.24. The SMILES string of the molecule is CCOP(=O)(OCC)N(C)CCOc1ccc(C(=C(CC)c2ccccc2)c2ccccc2)cc1. The largest absolute Gasteiger partial charge is 0.492 e. The molecule has 0 aliphatic carbocycles. The summed E-state index contributed by atoms with van der Waals surface area (Å²) in [6, 6.07) is 29.2. The van der Waals surface area contributed by atoms with Gasteiger partial charge in [0.2, 0.25) is 0 Å². The van der Waals surface area contributed by atoms with Crippen molar-refractivity contribution in [3.8, 4) is 5.75 Å². The first-order chi connectivity index (χ1) is 17.0. The molecule has 0 aliphatic heterocycles. The summed E-state index contributed by atoms with van der Waals surface area (Å²) >= 11 is 0. The summed E-state index contributed by atoms with van der Waals surface area (Å²) in [5.41, 5.74) is 6.07. The van der Waals surface area contributed by atoms with Gasteiger partial charge in [0.1, 0.15) is 12.4 Å². The van der Waals surface area contributed by atoms with Crippen LogP contribution in [0.1, 0.15) is 43.9 Å². The van der Waals surface area contributed by atoms with Crippen LogP contribution >= 0.6 is 7.75 Å². The number of ether oxygens (including phenoxy) is 1. The predicted octanol–water partition coefficient (Wildman–Crippen LogP) is 7.55. The van der Waals surface area contributed by atoms with Crippen LogP contribution in [0.25, 0.3) is 11.1 Å². The fraction of sp³-hybridized carbons (Fsp3) is 0.310. The molecule has 0 heterocycles. The van der Waals surface area contributed by atoms with Crippen molar-refractivity contribution in [2.24, 2.45) is 0 Å². The van der Waals surface area contributed by atoms with Crippen molar-refractivity contribution in [3.05, 3.63) is 102 Å². The maximum absolute atomic E-state index is 12.8. The van der Waals surface area contributed by atoms with E-state index >= 15 is 0 Å². The zero-order valence-electron chi connectivity index (χ0n) is 21.1. The lowest BCUT2D eigenvalue weighted by molar-refractivity contribution is 0.167. The molecule has 0 spiro atoms. The quantitative estimate of drug-likeness (QED) is 0.182. The van der Waals surface area contributed by atoms with Crippen molar-refractivity contribution in [2.45, 2.75) is 27.2 Å². The molecular formula is C29H36NO4P. The van der Waals surface area contributed by atoms with E-state index in [1.165, 1.54) is 22.3 Å². The van der Waals surface area contributed by atoms with Crippen molar-refractivity contribution in [1.29, 1.82) is 0 Å². The van der Waals surface area contributed by atoms with Gasteiger partial charge in [-0.15, -0.1) is 0 Å². The second-order valence-electron chi connectivity index (χ2n) is 8.00. The van der Waals surface area contributed by atoms with Gasteiger partial charge >= 0.3 is 7.75 Å². The molecule has 0 aromatic heterocycles. The third-order valence-corrected chi connectivity index (χ3v) is 7.87. The molecule has 0 saturated carbocycles. The van der Waals surface area contributed by atoms with Crippen molar-refractivity contribution in [3.63, 3.8) is 0 Å². The molecule has 3 rings (SSSR count). The van der Waals surface area contributed by atoms with Crippen LogP contribution in [0.4, 0.5) is 0 Å². The molecule has 0 bridgehead atoms. The average molecular weight is 494 g/mol. The first-order valence-corrected chi connectivity index (χ1v) is 13.7. The Hall–Kier alpha value is -2.69. The molecule has 3 aromatic rings. The molecule has 0 saturated heterocycles. The lowest BCUT2D eigenvalue weighted by Gasteiger charge is -2.26. The Kier molecular flexibility index (Phi) is 10.3. The minimum atomic E-state index is -3.28. The van der Waals surface area contributed by atoms with Crippen LogP contribution < -0.4 is 4.74 Å². The van der Waals surface area contributed by atoms with Crippen LogP contribution in [-0.2, 0) is 13.6 Å². The van der Waals surface area contributed by atoms with Crippen molar-refractivity contribution in [1.82, 2.24) is 4.67 Å². The Morgan fingerprint density at radius 3 is 1.77 bits per heavy atom. The van der Waals surface area contributed by atoms with Gasteiger partial charge in [-0.1, -0.05) is 79.7 Å². The second-order valence-corrected chi connectivity index (χ2v) is 10.1. The van der Waals surface area contributed by atoms with Crippen LogP contribution in [0.3, 0.4) is 0 Å². The normalized spacial score (nSPS) is 12.5. The summed E-state index contributed by atoms with van der Waals surface area (Å²) in [7, 11) is -1.56. The highest BCUT2D eigenvalue weighted by atomic mass is 31.2. The number of hydrogen-bond donors (Lipinski definition) is 0. The van der Waals surface area contributed by atoms with Crippen molar-refractivity contribution in [2.75, 3.05) is 33.4 Å². The van der Waals surface area contributed by atoms with Gasteiger partial charge in [0.25, 0.3) is 0 Å². The molecule has 0 amide bonds. The van der Waals surface area contributed by atoms with Crippen molar-refractivity contribution >= 4 is 18.9 Å². The Labute approximate surface area is 209 Å². The number of nitrogens with zero attached hydrogens (tertiary/aromatic N) is 1. The van der Waals surface area contributed by atoms with Gasteiger partial charge in [0.15, 0.2) is 0 Å². The van der Waals surface area contributed by atoms with E-state index in [2.05, 4.69) is 67.6 Å². The van der Waals surface area contributed by atoms with Crippen LogP contribution in [0.2, 0.25) is 0 Å². The summed E-state index contributed by atoms with van der Waals surface area (Å²) in [4.78, 5) is 0. The zero-order valence-corrected chi connectivity index (χ0v) is 22.0. The fourth-order valence-corrected chi connectivity index (χ4v) is 5.43. The molecule has 35 heavy (non-hydrogen) atoms.